The molecule has 0 heterocycles. The van der Waals surface area contributed by atoms with Crippen LogP contribution in [-0.2, 0) is 4.79 Å². The van der Waals surface area contributed by atoms with Gasteiger partial charge in [-0.05, 0) is 30.7 Å². The number of nitrogens with zero attached hydrogens (tertiary/aromatic N) is 2. The Hall–Kier alpha value is -1.34. The summed E-state index contributed by atoms with van der Waals surface area (Å²) in [6.07, 6.45) is 1.83. The Morgan fingerprint density at radius 1 is 1.57 bits per heavy atom. The molecule has 0 saturated heterocycles. The van der Waals surface area contributed by atoms with Gasteiger partial charge >= 0.3 is 0 Å². The normalized spacial score (nSPS) is 9.29. The van der Waals surface area contributed by atoms with E-state index in [1.807, 2.05) is 19.2 Å². The molecule has 4 heteroatoms. The van der Waals surface area contributed by atoms with Crippen molar-refractivity contribution in [1.29, 1.82) is 5.26 Å². The maximum atomic E-state index is 11.1. The summed E-state index contributed by atoms with van der Waals surface area (Å²) in [7, 11) is 0. The van der Waals surface area contributed by atoms with E-state index < -0.39 is 0 Å². The standard InChI is InChI=1S/C10H9BrN2O/c1-7-5-9(3-4-10(7)11)13(6-12)8(2)14/h3-5H,1-2H3. The average molecular weight is 253 g/mol. The molecule has 14 heavy (non-hydrogen) atoms. The quantitative estimate of drug-likeness (QED) is 0.570. The van der Waals surface area contributed by atoms with Crippen molar-refractivity contribution in [2.75, 3.05) is 4.90 Å². The Morgan fingerprint density at radius 2 is 2.21 bits per heavy atom. The number of anilines is 1. The summed E-state index contributed by atoms with van der Waals surface area (Å²) >= 11 is 3.35. The molecule has 0 N–H and O–H groups in total. The zero-order valence-electron chi connectivity index (χ0n) is 7.91. The Bertz CT molecular complexity index is 409. The molecule has 0 unspecified atom stereocenters. The molecule has 0 atom stereocenters. The van der Waals surface area contributed by atoms with E-state index >= 15 is 0 Å². The second kappa shape index (κ2) is 4.25. The fourth-order valence-corrected chi connectivity index (χ4v) is 1.32. The van der Waals surface area contributed by atoms with Crippen molar-refractivity contribution in [3.8, 4) is 6.19 Å². The first-order valence-electron chi connectivity index (χ1n) is 4.03. The van der Waals surface area contributed by atoms with Crippen LogP contribution < -0.4 is 4.90 Å². The van der Waals surface area contributed by atoms with Crippen molar-refractivity contribution in [2.45, 2.75) is 13.8 Å². The Morgan fingerprint density at radius 3 is 2.64 bits per heavy atom. The van der Waals surface area contributed by atoms with Gasteiger partial charge in [0.2, 0.25) is 5.91 Å². The number of carbonyl (C=O) groups excluding carboxylic acids is 1. The van der Waals surface area contributed by atoms with E-state index in [0.29, 0.717) is 5.69 Å². The van der Waals surface area contributed by atoms with Crippen LogP contribution in [0.15, 0.2) is 22.7 Å². The van der Waals surface area contributed by atoms with Gasteiger partial charge in [-0.2, -0.15) is 5.26 Å². The molecule has 0 aliphatic carbocycles. The highest BCUT2D eigenvalue weighted by Crippen LogP contribution is 2.22. The van der Waals surface area contributed by atoms with Gasteiger partial charge in [-0.25, -0.2) is 4.90 Å². The van der Waals surface area contributed by atoms with E-state index in [1.54, 1.807) is 12.1 Å². The molecule has 0 fully saturated rings. The van der Waals surface area contributed by atoms with Crippen LogP contribution in [0.2, 0.25) is 0 Å². The molecule has 3 nitrogen and oxygen atoms in total. The van der Waals surface area contributed by atoms with Crippen LogP contribution in [0.5, 0.6) is 0 Å². The van der Waals surface area contributed by atoms with Crippen LogP contribution in [0.1, 0.15) is 12.5 Å². The summed E-state index contributed by atoms with van der Waals surface area (Å²) in [5, 5.41) is 8.75. The van der Waals surface area contributed by atoms with Gasteiger partial charge in [-0.1, -0.05) is 15.9 Å². The second-order valence-electron chi connectivity index (χ2n) is 2.89. The van der Waals surface area contributed by atoms with Crippen molar-refractivity contribution < 1.29 is 4.79 Å². The molecule has 0 bridgehead atoms. The van der Waals surface area contributed by atoms with Crippen molar-refractivity contribution >= 4 is 27.5 Å². The molecule has 0 aromatic heterocycles. The van der Waals surface area contributed by atoms with E-state index in [2.05, 4.69) is 15.9 Å². The summed E-state index contributed by atoms with van der Waals surface area (Å²) < 4.78 is 0.961. The van der Waals surface area contributed by atoms with E-state index in [0.717, 1.165) is 14.9 Å². The first kappa shape index (κ1) is 10.7. The number of rotatable bonds is 1. The maximum Gasteiger partial charge on any atom is 0.237 e. The number of nitriles is 1. The average Bonchev–Trinajstić information content (AvgIpc) is 2.11. The predicted molar refractivity (Wildman–Crippen MR) is 57.7 cm³/mol. The first-order valence-corrected chi connectivity index (χ1v) is 4.82. The van der Waals surface area contributed by atoms with Gasteiger partial charge in [0.1, 0.15) is 0 Å². The molecule has 1 aromatic carbocycles. The number of halogens is 1. The summed E-state index contributed by atoms with van der Waals surface area (Å²) in [5.41, 5.74) is 1.59. The summed E-state index contributed by atoms with van der Waals surface area (Å²) in [5.74, 6) is -0.283. The van der Waals surface area contributed by atoms with Crippen molar-refractivity contribution in [3.05, 3.63) is 28.2 Å². The molecule has 1 aromatic rings. The molecule has 1 rings (SSSR count). The summed E-state index contributed by atoms with van der Waals surface area (Å²) in [6, 6.07) is 5.33. The molecule has 72 valence electrons. The number of aryl methyl sites for hydroxylation is 1. The van der Waals surface area contributed by atoms with Crippen LogP contribution in [0.3, 0.4) is 0 Å². The summed E-state index contributed by atoms with van der Waals surface area (Å²) in [4.78, 5) is 12.1. The smallest absolute Gasteiger partial charge is 0.237 e. The van der Waals surface area contributed by atoms with Gasteiger partial charge in [0, 0.05) is 11.4 Å². The van der Waals surface area contributed by atoms with Gasteiger partial charge in [-0.15, -0.1) is 0 Å². The van der Waals surface area contributed by atoms with E-state index in [9.17, 15) is 4.79 Å². The number of amides is 1. The lowest BCUT2D eigenvalue weighted by Gasteiger charge is -2.12. The summed E-state index contributed by atoms with van der Waals surface area (Å²) in [6.45, 7) is 3.27. The van der Waals surface area contributed by atoms with Crippen LogP contribution in [-0.4, -0.2) is 5.91 Å². The Balaban J connectivity index is 3.14. The SMILES string of the molecule is CC(=O)N(C#N)c1ccc(Br)c(C)c1. The molecule has 0 spiro atoms. The fraction of sp³-hybridized carbons (Fsp3) is 0.200. The van der Waals surface area contributed by atoms with Gasteiger partial charge in [0.05, 0.1) is 5.69 Å². The van der Waals surface area contributed by atoms with Gasteiger partial charge in [-0.3, -0.25) is 4.79 Å². The highest BCUT2D eigenvalue weighted by atomic mass is 79.9. The van der Waals surface area contributed by atoms with Crippen molar-refractivity contribution in [3.63, 3.8) is 0 Å². The minimum absolute atomic E-state index is 0.283. The first-order chi connectivity index (χ1) is 6.56. The monoisotopic (exact) mass is 252 g/mol. The molecule has 0 radical (unpaired) electrons. The fourth-order valence-electron chi connectivity index (χ4n) is 1.08. The zero-order chi connectivity index (χ0) is 10.7. The van der Waals surface area contributed by atoms with Crippen LogP contribution in [0.4, 0.5) is 5.69 Å². The van der Waals surface area contributed by atoms with E-state index in [1.165, 1.54) is 6.92 Å². The largest absolute Gasteiger partial charge is 0.274 e. The lowest BCUT2D eigenvalue weighted by atomic mass is 10.2. The molecule has 1 amide bonds. The van der Waals surface area contributed by atoms with Gasteiger partial charge < -0.3 is 0 Å². The second-order valence-corrected chi connectivity index (χ2v) is 3.74. The third-order valence-electron chi connectivity index (χ3n) is 1.81. The van der Waals surface area contributed by atoms with Crippen LogP contribution in [0, 0.1) is 18.4 Å². The molecule has 0 saturated carbocycles. The van der Waals surface area contributed by atoms with Crippen LogP contribution in [0.25, 0.3) is 0 Å². The molecular weight excluding hydrogens is 244 g/mol. The lowest BCUT2D eigenvalue weighted by Crippen LogP contribution is -2.22. The molecule has 0 aliphatic heterocycles. The van der Waals surface area contributed by atoms with E-state index in [4.69, 9.17) is 5.26 Å². The number of benzene rings is 1. The number of carbonyl (C=O) groups is 1. The Labute approximate surface area is 91.1 Å². The minimum atomic E-state index is -0.283. The van der Waals surface area contributed by atoms with Gasteiger partial charge in [0.25, 0.3) is 0 Å². The third-order valence-corrected chi connectivity index (χ3v) is 2.70. The number of hydrogen-bond donors (Lipinski definition) is 0. The molecule has 0 aliphatic rings. The molecular formula is C10H9BrN2O. The maximum absolute atomic E-state index is 11.1. The third kappa shape index (κ3) is 2.12. The number of hydrogen-bond acceptors (Lipinski definition) is 2. The van der Waals surface area contributed by atoms with Crippen LogP contribution >= 0.6 is 15.9 Å². The minimum Gasteiger partial charge on any atom is -0.274 e. The topological polar surface area (TPSA) is 44.1 Å². The van der Waals surface area contributed by atoms with Crippen molar-refractivity contribution in [2.24, 2.45) is 0 Å². The Kier molecular flexibility index (Phi) is 3.26. The van der Waals surface area contributed by atoms with Crippen molar-refractivity contribution in [1.82, 2.24) is 0 Å². The highest BCUT2D eigenvalue weighted by Gasteiger charge is 2.10. The predicted octanol–water partition coefficient (Wildman–Crippen LogP) is 2.59. The van der Waals surface area contributed by atoms with E-state index in [-0.39, 0.29) is 5.91 Å². The highest BCUT2D eigenvalue weighted by molar-refractivity contribution is 9.10. The van der Waals surface area contributed by atoms with Gasteiger partial charge in [0.15, 0.2) is 6.19 Å². The zero-order valence-corrected chi connectivity index (χ0v) is 9.50. The lowest BCUT2D eigenvalue weighted by molar-refractivity contribution is -0.115.